The van der Waals surface area contributed by atoms with E-state index in [-0.39, 0.29) is 17.7 Å². The standard InChI is InChI=1S/C23H20N4O2/c1-15-7-9-17(10-8-15)20(16-5-3-2-4-6-16)18-14-26-12-11-24-23(26)21-22(29)19(28)13-25-27(18)21/h2-13,18,20,29H,14H2,1H3/t18-,20-/m1/s1. The molecule has 1 aliphatic heterocycles. The lowest BCUT2D eigenvalue weighted by atomic mass is 9.84. The molecule has 0 bridgehead atoms. The van der Waals surface area contributed by atoms with E-state index < -0.39 is 5.43 Å². The maximum Gasteiger partial charge on any atom is 0.242 e. The molecule has 2 atom stereocenters. The number of nitrogens with zero attached hydrogens (tertiary/aromatic N) is 4. The van der Waals surface area contributed by atoms with Gasteiger partial charge in [-0.05, 0) is 18.1 Å². The van der Waals surface area contributed by atoms with Crippen LogP contribution >= 0.6 is 0 Å². The minimum Gasteiger partial charge on any atom is -0.503 e. The van der Waals surface area contributed by atoms with Crippen molar-refractivity contribution in [3.63, 3.8) is 0 Å². The van der Waals surface area contributed by atoms with Crippen molar-refractivity contribution >= 4 is 0 Å². The molecular weight excluding hydrogens is 364 g/mol. The van der Waals surface area contributed by atoms with Crippen LogP contribution in [0.15, 0.2) is 78.0 Å². The highest BCUT2D eigenvalue weighted by Gasteiger charge is 2.35. The van der Waals surface area contributed by atoms with Crippen LogP contribution in [0.1, 0.15) is 28.7 Å². The van der Waals surface area contributed by atoms with Gasteiger partial charge in [0.1, 0.15) is 5.69 Å². The van der Waals surface area contributed by atoms with Crippen LogP contribution < -0.4 is 5.43 Å². The number of aromatic hydroxyl groups is 1. The molecule has 144 valence electrons. The zero-order valence-electron chi connectivity index (χ0n) is 15.9. The van der Waals surface area contributed by atoms with E-state index in [0.29, 0.717) is 18.1 Å². The molecule has 0 aliphatic carbocycles. The predicted octanol–water partition coefficient (Wildman–Crippen LogP) is 3.51. The first-order valence-electron chi connectivity index (χ1n) is 9.57. The predicted molar refractivity (Wildman–Crippen MR) is 110 cm³/mol. The summed E-state index contributed by atoms with van der Waals surface area (Å²) in [5.41, 5.74) is 3.36. The first-order chi connectivity index (χ1) is 14.1. The number of hydrogen-bond donors (Lipinski definition) is 1. The molecule has 2 aromatic carbocycles. The van der Waals surface area contributed by atoms with Crippen molar-refractivity contribution in [2.45, 2.75) is 25.4 Å². The van der Waals surface area contributed by atoms with Gasteiger partial charge in [0.2, 0.25) is 5.43 Å². The van der Waals surface area contributed by atoms with Gasteiger partial charge in [-0.15, -0.1) is 0 Å². The van der Waals surface area contributed by atoms with Crippen molar-refractivity contribution in [1.29, 1.82) is 0 Å². The molecule has 0 unspecified atom stereocenters. The summed E-state index contributed by atoms with van der Waals surface area (Å²) in [6, 6.07) is 18.6. The SMILES string of the molecule is Cc1ccc([C@@H](c2ccccc2)[C@H]2Cn3ccnc3-c3c(O)c(=O)cnn32)cc1. The zero-order chi connectivity index (χ0) is 20.0. The average molecular weight is 384 g/mol. The van der Waals surface area contributed by atoms with E-state index in [1.807, 2.05) is 29.0 Å². The van der Waals surface area contributed by atoms with Crippen LogP contribution in [0.25, 0.3) is 11.5 Å². The minimum absolute atomic E-state index is 0.0134. The first kappa shape index (κ1) is 17.4. The minimum atomic E-state index is -0.502. The van der Waals surface area contributed by atoms with Gasteiger partial charge in [-0.1, -0.05) is 60.2 Å². The molecule has 1 N–H and O–H groups in total. The molecule has 0 fully saturated rings. The lowest BCUT2D eigenvalue weighted by Gasteiger charge is -2.34. The molecule has 0 amide bonds. The lowest BCUT2D eigenvalue weighted by molar-refractivity contribution is 0.331. The van der Waals surface area contributed by atoms with E-state index in [1.54, 1.807) is 10.9 Å². The molecule has 6 heteroatoms. The van der Waals surface area contributed by atoms with Gasteiger partial charge in [-0.25, -0.2) is 4.98 Å². The molecule has 29 heavy (non-hydrogen) atoms. The Morgan fingerprint density at radius 1 is 1.07 bits per heavy atom. The van der Waals surface area contributed by atoms with Gasteiger partial charge in [0.25, 0.3) is 0 Å². The molecule has 0 saturated carbocycles. The molecule has 0 spiro atoms. The highest BCUT2D eigenvalue weighted by molar-refractivity contribution is 5.60. The Labute approximate surface area is 167 Å². The maximum absolute atomic E-state index is 12.1. The van der Waals surface area contributed by atoms with Crippen molar-refractivity contribution in [2.24, 2.45) is 0 Å². The van der Waals surface area contributed by atoms with Gasteiger partial charge in [-0.3, -0.25) is 9.48 Å². The Morgan fingerprint density at radius 2 is 1.79 bits per heavy atom. The van der Waals surface area contributed by atoms with Gasteiger partial charge in [-0.2, -0.15) is 5.10 Å². The number of hydrogen-bond acceptors (Lipinski definition) is 4. The summed E-state index contributed by atoms with van der Waals surface area (Å²) in [6.45, 7) is 2.70. The summed E-state index contributed by atoms with van der Waals surface area (Å²) >= 11 is 0. The van der Waals surface area contributed by atoms with Gasteiger partial charge < -0.3 is 9.67 Å². The maximum atomic E-state index is 12.1. The highest BCUT2D eigenvalue weighted by atomic mass is 16.3. The normalized spacial score (nSPS) is 16.1. The molecule has 3 heterocycles. The van der Waals surface area contributed by atoms with Gasteiger partial charge in [0, 0.05) is 24.9 Å². The number of fused-ring (bicyclic) bond motifs is 3. The van der Waals surface area contributed by atoms with E-state index in [0.717, 1.165) is 11.1 Å². The van der Waals surface area contributed by atoms with Crippen LogP contribution in [-0.4, -0.2) is 24.4 Å². The molecule has 4 aromatic rings. The van der Waals surface area contributed by atoms with Crippen LogP contribution in [-0.2, 0) is 6.54 Å². The highest BCUT2D eigenvalue weighted by Crippen LogP contribution is 2.42. The summed E-state index contributed by atoms with van der Waals surface area (Å²) in [4.78, 5) is 16.5. The van der Waals surface area contributed by atoms with E-state index in [4.69, 9.17) is 0 Å². The Kier molecular flexibility index (Phi) is 4.05. The van der Waals surface area contributed by atoms with Crippen molar-refractivity contribution in [2.75, 3.05) is 0 Å². The number of benzene rings is 2. The summed E-state index contributed by atoms with van der Waals surface area (Å²) in [5.74, 6) is 0.230. The third-order valence-corrected chi connectivity index (χ3v) is 5.59. The number of rotatable bonds is 3. The van der Waals surface area contributed by atoms with Crippen LogP contribution in [0.5, 0.6) is 5.75 Å². The quantitative estimate of drug-likeness (QED) is 0.587. The van der Waals surface area contributed by atoms with E-state index in [9.17, 15) is 9.90 Å². The summed E-state index contributed by atoms with van der Waals surface area (Å²) in [7, 11) is 0. The third-order valence-electron chi connectivity index (χ3n) is 5.59. The summed E-state index contributed by atoms with van der Waals surface area (Å²) in [5, 5.41) is 15.0. The van der Waals surface area contributed by atoms with Crippen LogP contribution in [0.3, 0.4) is 0 Å². The second-order valence-corrected chi connectivity index (χ2v) is 7.42. The fourth-order valence-corrected chi connectivity index (χ4v) is 4.19. The molecule has 0 radical (unpaired) electrons. The molecule has 5 rings (SSSR count). The summed E-state index contributed by atoms with van der Waals surface area (Å²) < 4.78 is 3.74. The Hall–Kier alpha value is -3.67. The number of imidazole rings is 1. The number of aromatic nitrogens is 4. The zero-order valence-corrected chi connectivity index (χ0v) is 15.9. The topological polar surface area (TPSA) is 72.9 Å². The largest absolute Gasteiger partial charge is 0.503 e. The lowest BCUT2D eigenvalue weighted by Crippen LogP contribution is -2.32. The monoisotopic (exact) mass is 384 g/mol. The van der Waals surface area contributed by atoms with Crippen LogP contribution in [0.4, 0.5) is 0 Å². The molecule has 1 aliphatic rings. The fraction of sp³-hybridized carbons (Fsp3) is 0.174. The average Bonchev–Trinajstić information content (AvgIpc) is 3.21. The van der Waals surface area contributed by atoms with Crippen LogP contribution in [0, 0.1) is 6.92 Å². The van der Waals surface area contributed by atoms with E-state index in [2.05, 4.69) is 53.4 Å². The van der Waals surface area contributed by atoms with Crippen molar-refractivity contribution in [1.82, 2.24) is 19.3 Å². The van der Waals surface area contributed by atoms with Gasteiger partial charge in [0.15, 0.2) is 11.6 Å². The number of aryl methyl sites for hydroxylation is 1. The Morgan fingerprint density at radius 3 is 2.55 bits per heavy atom. The second kappa shape index (κ2) is 6.74. The van der Waals surface area contributed by atoms with Crippen molar-refractivity contribution in [3.05, 3.63) is 100 Å². The molecule has 0 saturated heterocycles. The molecular formula is C23H20N4O2. The van der Waals surface area contributed by atoms with Crippen molar-refractivity contribution in [3.8, 4) is 17.3 Å². The van der Waals surface area contributed by atoms with Gasteiger partial charge >= 0.3 is 0 Å². The Balaban J connectivity index is 1.75. The third kappa shape index (κ3) is 2.84. The second-order valence-electron chi connectivity index (χ2n) is 7.42. The van der Waals surface area contributed by atoms with Crippen LogP contribution in [0.2, 0.25) is 0 Å². The van der Waals surface area contributed by atoms with Gasteiger partial charge in [0.05, 0.1) is 12.2 Å². The molecule has 2 aromatic heterocycles. The first-order valence-corrected chi connectivity index (χ1v) is 9.57. The molecule has 6 nitrogen and oxygen atoms in total. The smallest absolute Gasteiger partial charge is 0.242 e. The van der Waals surface area contributed by atoms with E-state index in [1.165, 1.54) is 11.8 Å². The fourth-order valence-electron chi connectivity index (χ4n) is 4.19. The van der Waals surface area contributed by atoms with E-state index >= 15 is 0 Å². The summed E-state index contributed by atoms with van der Waals surface area (Å²) in [6.07, 6.45) is 4.74. The Bertz CT molecular complexity index is 1230. The van der Waals surface area contributed by atoms with Crippen molar-refractivity contribution < 1.29 is 5.11 Å².